The second-order valence-corrected chi connectivity index (χ2v) is 9.03. The Morgan fingerprint density at radius 3 is 2.90 bits per heavy atom. The molecule has 8 nitrogen and oxygen atoms in total. The summed E-state index contributed by atoms with van der Waals surface area (Å²) in [6.45, 7) is 4.11. The minimum Gasteiger partial charge on any atom is -0.390 e. The monoisotopic (exact) mass is 400 g/mol. The van der Waals surface area contributed by atoms with E-state index in [-0.39, 0.29) is 17.5 Å². The Balaban J connectivity index is 1.37. The summed E-state index contributed by atoms with van der Waals surface area (Å²) >= 11 is 0. The van der Waals surface area contributed by atoms with Crippen LogP contribution in [0.2, 0.25) is 0 Å². The second-order valence-electron chi connectivity index (χ2n) is 9.03. The molecule has 2 saturated heterocycles. The van der Waals surface area contributed by atoms with E-state index in [9.17, 15) is 10.2 Å². The van der Waals surface area contributed by atoms with E-state index in [1.54, 1.807) is 6.33 Å². The van der Waals surface area contributed by atoms with Crippen LogP contribution in [0.15, 0.2) is 18.6 Å². The highest BCUT2D eigenvalue weighted by Gasteiger charge is 2.47. The quantitative estimate of drug-likeness (QED) is 0.607. The van der Waals surface area contributed by atoms with Crippen molar-refractivity contribution in [3.05, 3.63) is 18.6 Å². The molecule has 0 amide bonds. The summed E-state index contributed by atoms with van der Waals surface area (Å²) in [7, 11) is 1.84. The van der Waals surface area contributed by atoms with Crippen LogP contribution in [0.3, 0.4) is 0 Å². The smallest absolute Gasteiger partial charge is 0.145 e. The number of hydrogen-bond donors (Lipinski definition) is 4. The normalized spacial score (nSPS) is 35.7. The van der Waals surface area contributed by atoms with Crippen molar-refractivity contribution in [2.24, 2.45) is 5.92 Å². The highest BCUT2D eigenvalue weighted by Crippen LogP contribution is 2.41. The Morgan fingerprint density at radius 2 is 2.10 bits per heavy atom. The van der Waals surface area contributed by atoms with Gasteiger partial charge in [-0.1, -0.05) is 0 Å². The number of aromatic nitrogens is 3. The fourth-order valence-electron chi connectivity index (χ4n) is 5.99. The Hall–Kier alpha value is -1.74. The zero-order valence-electron chi connectivity index (χ0n) is 17.1. The van der Waals surface area contributed by atoms with Gasteiger partial charge in [-0.3, -0.25) is 4.90 Å². The molecule has 0 aromatic carbocycles. The van der Waals surface area contributed by atoms with Crippen LogP contribution in [0.5, 0.6) is 0 Å². The van der Waals surface area contributed by atoms with E-state index in [1.807, 2.05) is 23.9 Å². The van der Waals surface area contributed by atoms with Crippen molar-refractivity contribution in [1.82, 2.24) is 24.8 Å². The van der Waals surface area contributed by atoms with Gasteiger partial charge in [0.2, 0.25) is 0 Å². The van der Waals surface area contributed by atoms with Crippen molar-refractivity contribution in [2.75, 3.05) is 38.5 Å². The van der Waals surface area contributed by atoms with Gasteiger partial charge < -0.3 is 25.4 Å². The Kier molecular flexibility index (Phi) is 4.98. The first-order valence-electron chi connectivity index (χ1n) is 10.9. The van der Waals surface area contributed by atoms with Crippen molar-refractivity contribution in [3.8, 4) is 0 Å². The van der Waals surface area contributed by atoms with Crippen LogP contribution in [0.4, 0.5) is 5.82 Å². The number of hydrogen-bond acceptors (Lipinski definition) is 7. The van der Waals surface area contributed by atoms with Crippen LogP contribution in [-0.4, -0.2) is 80.6 Å². The fraction of sp³-hybridized carbons (Fsp3) is 0.714. The van der Waals surface area contributed by atoms with E-state index in [0.29, 0.717) is 0 Å². The zero-order chi connectivity index (χ0) is 20.0. The average molecular weight is 401 g/mol. The van der Waals surface area contributed by atoms with Crippen molar-refractivity contribution < 1.29 is 10.2 Å². The first-order chi connectivity index (χ1) is 14.1. The topological polar surface area (TPSA) is 98.5 Å². The van der Waals surface area contributed by atoms with Crippen LogP contribution >= 0.6 is 0 Å². The molecule has 2 aromatic rings. The minimum atomic E-state index is -0.786. The zero-order valence-corrected chi connectivity index (χ0v) is 17.1. The number of anilines is 1. The predicted molar refractivity (Wildman–Crippen MR) is 112 cm³/mol. The summed E-state index contributed by atoms with van der Waals surface area (Å²) in [6, 6.07) is 1.81. The van der Waals surface area contributed by atoms with E-state index in [4.69, 9.17) is 0 Å². The molecule has 1 unspecified atom stereocenters. The lowest BCUT2D eigenvalue weighted by atomic mass is 9.86. The van der Waals surface area contributed by atoms with E-state index in [2.05, 4.69) is 25.5 Å². The summed E-state index contributed by atoms with van der Waals surface area (Å²) < 4.78 is 2.02. The van der Waals surface area contributed by atoms with Crippen molar-refractivity contribution in [3.63, 3.8) is 0 Å². The van der Waals surface area contributed by atoms with Gasteiger partial charge in [0.1, 0.15) is 23.9 Å². The van der Waals surface area contributed by atoms with Gasteiger partial charge in [-0.05, 0) is 51.3 Å². The largest absolute Gasteiger partial charge is 0.390 e. The second kappa shape index (κ2) is 7.50. The molecule has 1 spiro atoms. The van der Waals surface area contributed by atoms with Gasteiger partial charge in [-0.25, -0.2) is 9.97 Å². The van der Waals surface area contributed by atoms with Crippen LogP contribution in [0.25, 0.3) is 11.0 Å². The van der Waals surface area contributed by atoms with E-state index >= 15 is 0 Å². The molecule has 5 rings (SSSR count). The molecule has 3 aliphatic rings. The number of aliphatic hydroxyl groups excluding tert-OH is 2. The summed E-state index contributed by atoms with van der Waals surface area (Å²) in [6.07, 6.45) is 7.69. The van der Waals surface area contributed by atoms with Crippen LogP contribution in [-0.2, 0) is 0 Å². The lowest BCUT2D eigenvalue weighted by molar-refractivity contribution is -0.00809. The molecule has 3 fully saturated rings. The Morgan fingerprint density at radius 1 is 1.24 bits per heavy atom. The molecular weight excluding hydrogens is 368 g/mol. The summed E-state index contributed by atoms with van der Waals surface area (Å²) in [5.74, 6) is 0.845. The van der Waals surface area contributed by atoms with E-state index < -0.39 is 12.2 Å². The summed E-state index contributed by atoms with van der Waals surface area (Å²) in [5, 5.41) is 29.4. The van der Waals surface area contributed by atoms with Crippen LogP contribution < -0.4 is 10.6 Å². The van der Waals surface area contributed by atoms with Gasteiger partial charge >= 0.3 is 0 Å². The lowest BCUT2D eigenvalue weighted by Crippen LogP contribution is -2.55. The number of likely N-dealkylation sites (tertiary alicyclic amines) is 1. The third-order valence-corrected chi connectivity index (χ3v) is 7.52. The molecule has 1 aliphatic carbocycles. The van der Waals surface area contributed by atoms with Gasteiger partial charge in [0, 0.05) is 37.8 Å². The molecule has 5 atom stereocenters. The molecular formula is C21H32N6O2. The molecule has 29 heavy (non-hydrogen) atoms. The van der Waals surface area contributed by atoms with Gasteiger partial charge in [0.25, 0.3) is 0 Å². The predicted octanol–water partition coefficient (Wildman–Crippen LogP) is 0.974. The molecule has 4 N–H and O–H groups in total. The SMILES string of the molecule is CNc1ncnc2c1ccn2[C@@H]1CC(CN2CCC[C@]23CCCNC3)[C@@H](O)[C@H]1O. The highest BCUT2D eigenvalue weighted by molar-refractivity contribution is 5.87. The Labute approximate surface area is 171 Å². The average Bonchev–Trinajstić information content (AvgIpc) is 3.41. The van der Waals surface area contributed by atoms with E-state index in [0.717, 1.165) is 49.5 Å². The number of rotatable bonds is 4. The first kappa shape index (κ1) is 19.2. The van der Waals surface area contributed by atoms with Gasteiger partial charge in [0.15, 0.2) is 0 Å². The molecule has 2 aliphatic heterocycles. The maximum absolute atomic E-state index is 10.9. The van der Waals surface area contributed by atoms with Gasteiger partial charge in [0.05, 0.1) is 17.5 Å². The van der Waals surface area contributed by atoms with Crippen LogP contribution in [0, 0.1) is 5.92 Å². The number of nitrogens with one attached hydrogen (secondary N) is 2. The molecule has 158 valence electrons. The molecule has 1 saturated carbocycles. The van der Waals surface area contributed by atoms with Crippen molar-refractivity contribution in [1.29, 1.82) is 0 Å². The third kappa shape index (κ3) is 3.13. The van der Waals surface area contributed by atoms with E-state index in [1.165, 1.54) is 25.7 Å². The highest BCUT2D eigenvalue weighted by atomic mass is 16.3. The standard InChI is InChI=1S/C21H32N6O2/c1-22-19-15-4-9-27(20(15)25-13-24-19)16-10-14(17(28)18(16)29)11-26-8-3-6-21(26)5-2-7-23-12-21/h4,9,13-14,16-18,23,28-29H,2-3,5-8,10-12H2,1H3,(H,22,24,25)/t14?,16-,17-,18+,21+/m1/s1. The first-order valence-corrected chi connectivity index (χ1v) is 10.9. The summed E-state index contributed by atoms with van der Waals surface area (Å²) in [5.41, 5.74) is 1.05. The third-order valence-electron chi connectivity index (χ3n) is 7.52. The molecule has 0 bridgehead atoms. The van der Waals surface area contributed by atoms with Crippen molar-refractivity contribution >= 4 is 16.9 Å². The van der Waals surface area contributed by atoms with Crippen molar-refractivity contribution in [2.45, 2.75) is 55.9 Å². The molecule has 8 heteroatoms. The van der Waals surface area contributed by atoms with Gasteiger partial charge in [-0.15, -0.1) is 0 Å². The number of piperidine rings is 1. The van der Waals surface area contributed by atoms with Gasteiger partial charge in [-0.2, -0.15) is 0 Å². The maximum atomic E-state index is 10.9. The number of fused-ring (bicyclic) bond motifs is 1. The molecule has 2 aromatic heterocycles. The van der Waals surface area contributed by atoms with Crippen LogP contribution in [0.1, 0.15) is 38.1 Å². The fourth-order valence-corrected chi connectivity index (χ4v) is 5.99. The molecule has 0 radical (unpaired) electrons. The number of nitrogens with zero attached hydrogens (tertiary/aromatic N) is 4. The lowest BCUT2D eigenvalue weighted by Gasteiger charge is -2.43. The Bertz CT molecular complexity index is 864. The summed E-state index contributed by atoms with van der Waals surface area (Å²) in [4.78, 5) is 11.3. The minimum absolute atomic E-state index is 0.0648. The maximum Gasteiger partial charge on any atom is 0.145 e. The number of aliphatic hydroxyl groups is 2. The molecule has 4 heterocycles.